The van der Waals surface area contributed by atoms with E-state index in [2.05, 4.69) is 10.4 Å². The molecule has 0 radical (unpaired) electrons. The summed E-state index contributed by atoms with van der Waals surface area (Å²) in [5.74, 6) is -0.334. The van der Waals surface area contributed by atoms with E-state index in [0.717, 1.165) is 10.2 Å². The molecule has 3 rings (SSSR count). The number of hydrogen-bond acceptors (Lipinski definition) is 4. The lowest BCUT2D eigenvalue weighted by atomic mass is 10.1. The van der Waals surface area contributed by atoms with Crippen LogP contribution in [0.25, 0.3) is 5.65 Å². The number of pyridine rings is 1. The van der Waals surface area contributed by atoms with E-state index in [1.165, 1.54) is 4.40 Å². The van der Waals surface area contributed by atoms with Gasteiger partial charge in [-0.1, -0.05) is 12.1 Å². The first-order valence-corrected chi connectivity index (χ1v) is 6.75. The second-order valence-electron chi connectivity index (χ2n) is 4.94. The average Bonchev–Trinajstić information content (AvgIpc) is 2.81. The molecule has 3 aromatic rings. The highest BCUT2D eigenvalue weighted by Crippen LogP contribution is 2.20. The summed E-state index contributed by atoms with van der Waals surface area (Å²) in [5, 5.41) is 6.86. The van der Waals surface area contributed by atoms with Crippen LogP contribution >= 0.6 is 0 Å². The van der Waals surface area contributed by atoms with Gasteiger partial charge in [-0.15, -0.1) is 5.10 Å². The highest BCUT2D eigenvalue weighted by Gasteiger charge is 2.11. The van der Waals surface area contributed by atoms with Crippen molar-refractivity contribution in [1.82, 2.24) is 14.2 Å². The monoisotopic (exact) mass is 297 g/mol. The number of nitrogens with one attached hydrogen (secondary N) is 1. The van der Waals surface area contributed by atoms with Gasteiger partial charge in [-0.2, -0.15) is 0 Å². The van der Waals surface area contributed by atoms with E-state index >= 15 is 0 Å². The SMILES string of the molecule is Cc1c(N)cccc1NC(=O)Cn1nc2ccccn2c1=O. The van der Waals surface area contributed by atoms with Crippen LogP contribution in [0.2, 0.25) is 0 Å². The molecule has 1 aromatic carbocycles. The van der Waals surface area contributed by atoms with Gasteiger partial charge in [0.1, 0.15) is 6.54 Å². The Balaban J connectivity index is 1.83. The predicted molar refractivity (Wildman–Crippen MR) is 83.7 cm³/mol. The van der Waals surface area contributed by atoms with E-state index in [9.17, 15) is 9.59 Å². The highest BCUT2D eigenvalue weighted by molar-refractivity contribution is 5.92. The van der Waals surface area contributed by atoms with Crippen molar-refractivity contribution in [1.29, 1.82) is 0 Å². The van der Waals surface area contributed by atoms with Gasteiger partial charge in [0.15, 0.2) is 5.65 Å². The molecule has 7 heteroatoms. The van der Waals surface area contributed by atoms with E-state index in [1.807, 2.05) is 6.92 Å². The summed E-state index contributed by atoms with van der Waals surface area (Å²) in [6.07, 6.45) is 1.61. The van der Waals surface area contributed by atoms with Crippen LogP contribution in [0.3, 0.4) is 0 Å². The fourth-order valence-corrected chi connectivity index (χ4v) is 2.19. The van der Waals surface area contributed by atoms with Gasteiger partial charge in [-0.05, 0) is 36.8 Å². The fourth-order valence-electron chi connectivity index (χ4n) is 2.19. The Bertz CT molecular complexity index is 910. The third kappa shape index (κ3) is 2.44. The van der Waals surface area contributed by atoms with Crippen molar-refractivity contribution < 1.29 is 4.79 Å². The second kappa shape index (κ2) is 5.36. The van der Waals surface area contributed by atoms with Crippen LogP contribution in [0.15, 0.2) is 47.4 Å². The number of aromatic nitrogens is 3. The van der Waals surface area contributed by atoms with Gasteiger partial charge >= 0.3 is 5.69 Å². The smallest absolute Gasteiger partial charge is 0.350 e. The van der Waals surface area contributed by atoms with E-state index in [-0.39, 0.29) is 18.1 Å². The Morgan fingerprint density at radius 1 is 1.27 bits per heavy atom. The molecule has 2 heterocycles. The topological polar surface area (TPSA) is 94.4 Å². The first-order chi connectivity index (χ1) is 10.6. The highest BCUT2D eigenvalue weighted by atomic mass is 16.2. The van der Waals surface area contributed by atoms with E-state index in [4.69, 9.17) is 5.73 Å². The Hall–Kier alpha value is -3.09. The molecule has 0 saturated heterocycles. The molecule has 0 atom stereocenters. The summed E-state index contributed by atoms with van der Waals surface area (Å²) in [6, 6.07) is 10.5. The summed E-state index contributed by atoms with van der Waals surface area (Å²) < 4.78 is 2.52. The van der Waals surface area contributed by atoms with Gasteiger partial charge in [-0.25, -0.2) is 9.48 Å². The number of carbonyl (C=O) groups is 1. The van der Waals surface area contributed by atoms with Crippen LogP contribution in [-0.4, -0.2) is 20.1 Å². The minimum absolute atomic E-state index is 0.158. The zero-order valence-electron chi connectivity index (χ0n) is 12.0. The molecule has 0 aliphatic rings. The number of fused-ring (bicyclic) bond motifs is 1. The van der Waals surface area contributed by atoms with Crippen LogP contribution < -0.4 is 16.7 Å². The predicted octanol–water partition coefficient (Wildman–Crippen LogP) is 1.03. The molecular weight excluding hydrogens is 282 g/mol. The van der Waals surface area contributed by atoms with Crippen molar-refractivity contribution in [3.63, 3.8) is 0 Å². The van der Waals surface area contributed by atoms with Gasteiger partial charge in [0, 0.05) is 17.6 Å². The summed E-state index contributed by atoms with van der Waals surface area (Å²) in [7, 11) is 0. The molecule has 0 aliphatic heterocycles. The van der Waals surface area contributed by atoms with Crippen LogP contribution in [0.1, 0.15) is 5.56 Å². The number of rotatable bonds is 3. The average molecular weight is 297 g/mol. The van der Waals surface area contributed by atoms with Crippen molar-refractivity contribution >= 4 is 22.9 Å². The summed E-state index contributed by atoms with van der Waals surface area (Å²) in [4.78, 5) is 24.2. The van der Waals surface area contributed by atoms with Crippen molar-refractivity contribution in [2.45, 2.75) is 13.5 Å². The lowest BCUT2D eigenvalue weighted by molar-refractivity contribution is -0.117. The number of anilines is 2. The van der Waals surface area contributed by atoms with E-state index in [1.54, 1.807) is 42.6 Å². The number of amides is 1. The van der Waals surface area contributed by atoms with Crippen molar-refractivity contribution in [2.24, 2.45) is 0 Å². The maximum absolute atomic E-state index is 12.1. The third-order valence-electron chi connectivity index (χ3n) is 3.43. The zero-order chi connectivity index (χ0) is 15.7. The molecule has 3 N–H and O–H groups in total. The van der Waals surface area contributed by atoms with Gasteiger partial charge in [0.05, 0.1) is 0 Å². The lowest BCUT2D eigenvalue weighted by Crippen LogP contribution is -2.28. The van der Waals surface area contributed by atoms with Gasteiger partial charge in [-0.3, -0.25) is 9.20 Å². The molecule has 0 saturated carbocycles. The van der Waals surface area contributed by atoms with E-state index < -0.39 is 0 Å². The van der Waals surface area contributed by atoms with Gasteiger partial charge in [0.2, 0.25) is 5.91 Å². The molecular formula is C15H15N5O2. The minimum atomic E-state index is -0.352. The lowest BCUT2D eigenvalue weighted by Gasteiger charge is -2.09. The van der Waals surface area contributed by atoms with Crippen LogP contribution in [0.5, 0.6) is 0 Å². The molecule has 7 nitrogen and oxygen atoms in total. The summed E-state index contributed by atoms with van der Waals surface area (Å²) in [5.41, 5.74) is 7.97. The van der Waals surface area contributed by atoms with Gasteiger partial charge in [0.25, 0.3) is 0 Å². The van der Waals surface area contributed by atoms with Crippen LogP contribution in [0.4, 0.5) is 11.4 Å². The van der Waals surface area contributed by atoms with Crippen molar-refractivity contribution in [3.8, 4) is 0 Å². The Morgan fingerprint density at radius 2 is 2.09 bits per heavy atom. The van der Waals surface area contributed by atoms with Crippen molar-refractivity contribution in [2.75, 3.05) is 11.1 Å². The number of nitrogens with zero attached hydrogens (tertiary/aromatic N) is 3. The van der Waals surface area contributed by atoms with Crippen molar-refractivity contribution in [3.05, 3.63) is 58.6 Å². The van der Waals surface area contributed by atoms with E-state index in [0.29, 0.717) is 17.0 Å². The maximum Gasteiger partial charge on any atom is 0.350 e. The molecule has 2 aromatic heterocycles. The molecule has 0 spiro atoms. The zero-order valence-corrected chi connectivity index (χ0v) is 12.0. The van der Waals surface area contributed by atoms with Crippen LogP contribution in [0, 0.1) is 6.92 Å². The second-order valence-corrected chi connectivity index (χ2v) is 4.94. The molecule has 0 fully saturated rings. The maximum atomic E-state index is 12.1. The first-order valence-electron chi connectivity index (χ1n) is 6.75. The molecule has 0 aliphatic carbocycles. The molecule has 112 valence electrons. The quantitative estimate of drug-likeness (QED) is 0.706. The normalized spacial score (nSPS) is 10.8. The number of benzene rings is 1. The number of hydrogen-bond donors (Lipinski definition) is 2. The number of nitrogen functional groups attached to an aromatic ring is 1. The molecule has 0 unspecified atom stereocenters. The molecule has 22 heavy (non-hydrogen) atoms. The molecule has 1 amide bonds. The molecule has 0 bridgehead atoms. The summed E-state index contributed by atoms with van der Waals surface area (Å²) >= 11 is 0. The Labute approximate surface area is 126 Å². The Kier molecular flexibility index (Phi) is 3.38. The third-order valence-corrected chi connectivity index (χ3v) is 3.43. The summed E-state index contributed by atoms with van der Waals surface area (Å²) in [6.45, 7) is 1.66. The minimum Gasteiger partial charge on any atom is -0.398 e. The Morgan fingerprint density at radius 3 is 2.86 bits per heavy atom. The number of carbonyl (C=O) groups excluding carboxylic acids is 1. The fraction of sp³-hybridized carbons (Fsp3) is 0.133. The largest absolute Gasteiger partial charge is 0.398 e. The van der Waals surface area contributed by atoms with Crippen LogP contribution in [-0.2, 0) is 11.3 Å². The number of nitrogens with two attached hydrogens (primary N) is 1. The standard InChI is InChI=1S/C15H15N5O2/c1-10-11(16)5-4-6-12(10)17-14(21)9-20-15(22)19-8-3-2-7-13(19)18-20/h2-8H,9,16H2,1H3,(H,17,21). The van der Waals surface area contributed by atoms with Gasteiger partial charge < -0.3 is 11.1 Å². The first kappa shape index (κ1) is 13.9.